The molecule has 5 nitrogen and oxygen atoms in total. The van der Waals surface area contributed by atoms with Crippen LogP contribution in [0.25, 0.3) is 0 Å². The maximum atomic E-state index is 11.9. The van der Waals surface area contributed by atoms with Gasteiger partial charge in [-0.25, -0.2) is 4.79 Å². The van der Waals surface area contributed by atoms with Crippen LogP contribution in [0.3, 0.4) is 0 Å². The van der Waals surface area contributed by atoms with Gasteiger partial charge in [0, 0.05) is 11.9 Å². The van der Waals surface area contributed by atoms with Crippen molar-refractivity contribution in [3.8, 4) is 0 Å². The van der Waals surface area contributed by atoms with E-state index in [-0.39, 0.29) is 11.5 Å². The number of pyridine rings is 1. The summed E-state index contributed by atoms with van der Waals surface area (Å²) in [6.45, 7) is 1.74. The Labute approximate surface area is 109 Å². The van der Waals surface area contributed by atoms with Crippen LogP contribution in [0, 0.1) is 6.92 Å². The second-order valence-corrected chi connectivity index (χ2v) is 4.00. The largest absolute Gasteiger partial charge is 0.478 e. The number of aromatic nitrogens is 1. The Balaban J connectivity index is 2.20. The molecule has 0 unspecified atom stereocenters. The lowest BCUT2D eigenvalue weighted by Gasteiger charge is -2.08. The minimum atomic E-state index is -0.995. The fourth-order valence-electron chi connectivity index (χ4n) is 1.62. The molecule has 1 heterocycles. The molecule has 2 rings (SSSR count). The van der Waals surface area contributed by atoms with Gasteiger partial charge in [0.2, 0.25) is 0 Å². The van der Waals surface area contributed by atoms with E-state index in [0.717, 1.165) is 0 Å². The quantitative estimate of drug-likeness (QED) is 0.883. The highest BCUT2D eigenvalue weighted by Gasteiger charge is 2.10. The second kappa shape index (κ2) is 5.30. The van der Waals surface area contributed by atoms with Crippen molar-refractivity contribution in [2.24, 2.45) is 0 Å². The number of rotatable bonds is 3. The van der Waals surface area contributed by atoms with E-state index >= 15 is 0 Å². The molecule has 19 heavy (non-hydrogen) atoms. The van der Waals surface area contributed by atoms with E-state index in [1.165, 1.54) is 18.3 Å². The molecule has 2 N–H and O–H groups in total. The number of amides is 1. The number of aromatic carboxylic acids is 1. The molecule has 0 fully saturated rings. The zero-order chi connectivity index (χ0) is 13.8. The summed E-state index contributed by atoms with van der Waals surface area (Å²) < 4.78 is 0. The lowest BCUT2D eigenvalue weighted by atomic mass is 10.1. The average molecular weight is 256 g/mol. The Hall–Kier alpha value is -2.69. The number of aryl methyl sites for hydroxylation is 1. The minimum absolute atomic E-state index is 0.188. The predicted octanol–water partition coefficient (Wildman–Crippen LogP) is 2.34. The standard InChI is InChI=1S/C14H12N2O3/c1-9-8-10(14(18)19)5-6-11(9)16-13(17)12-4-2-3-7-15-12/h2-8H,1H3,(H,16,17)(H,18,19). The number of nitrogens with one attached hydrogen (secondary N) is 1. The molecule has 96 valence electrons. The fraction of sp³-hybridized carbons (Fsp3) is 0.0714. The number of hydrogen-bond acceptors (Lipinski definition) is 3. The summed E-state index contributed by atoms with van der Waals surface area (Å²) in [5.74, 6) is -1.32. The number of carbonyl (C=O) groups is 2. The molecule has 0 spiro atoms. The topological polar surface area (TPSA) is 79.3 Å². The molecular weight excluding hydrogens is 244 g/mol. The Morgan fingerprint density at radius 2 is 2.00 bits per heavy atom. The van der Waals surface area contributed by atoms with Crippen LogP contribution in [0.4, 0.5) is 5.69 Å². The molecule has 0 bridgehead atoms. The number of carboxylic acid groups (broad SMARTS) is 1. The Bertz CT molecular complexity index is 624. The monoisotopic (exact) mass is 256 g/mol. The first-order chi connectivity index (χ1) is 9.08. The van der Waals surface area contributed by atoms with Crippen molar-refractivity contribution in [2.75, 3.05) is 5.32 Å². The van der Waals surface area contributed by atoms with E-state index in [1.807, 2.05) is 0 Å². The summed E-state index contributed by atoms with van der Waals surface area (Å²) in [4.78, 5) is 26.7. The van der Waals surface area contributed by atoms with Gasteiger partial charge >= 0.3 is 5.97 Å². The molecule has 0 atom stereocenters. The van der Waals surface area contributed by atoms with Gasteiger partial charge in [-0.3, -0.25) is 9.78 Å². The zero-order valence-electron chi connectivity index (χ0n) is 10.3. The van der Waals surface area contributed by atoms with Gasteiger partial charge in [-0.1, -0.05) is 6.07 Å². The molecule has 0 aliphatic heterocycles. The van der Waals surface area contributed by atoms with Gasteiger partial charge in [-0.05, 0) is 42.8 Å². The molecule has 1 aromatic heterocycles. The van der Waals surface area contributed by atoms with Crippen LogP contribution >= 0.6 is 0 Å². The van der Waals surface area contributed by atoms with Crippen LogP contribution in [0.5, 0.6) is 0 Å². The van der Waals surface area contributed by atoms with Gasteiger partial charge in [-0.2, -0.15) is 0 Å². The summed E-state index contributed by atoms with van der Waals surface area (Å²) in [5, 5.41) is 11.6. The molecule has 0 aliphatic rings. The molecule has 1 amide bonds. The summed E-state index contributed by atoms with van der Waals surface area (Å²) in [7, 11) is 0. The number of benzene rings is 1. The third-order valence-corrected chi connectivity index (χ3v) is 2.62. The minimum Gasteiger partial charge on any atom is -0.478 e. The van der Waals surface area contributed by atoms with E-state index in [9.17, 15) is 9.59 Å². The van der Waals surface area contributed by atoms with Gasteiger partial charge in [-0.15, -0.1) is 0 Å². The Kier molecular flexibility index (Phi) is 3.56. The number of hydrogen-bond donors (Lipinski definition) is 2. The SMILES string of the molecule is Cc1cc(C(=O)O)ccc1NC(=O)c1ccccn1. The second-order valence-electron chi connectivity index (χ2n) is 4.00. The summed E-state index contributed by atoms with van der Waals surface area (Å²) in [5.41, 5.74) is 1.75. The average Bonchev–Trinajstić information content (AvgIpc) is 2.41. The highest BCUT2D eigenvalue weighted by molar-refractivity contribution is 6.03. The van der Waals surface area contributed by atoms with Crippen molar-refractivity contribution < 1.29 is 14.7 Å². The van der Waals surface area contributed by atoms with Crippen LogP contribution in [-0.2, 0) is 0 Å². The van der Waals surface area contributed by atoms with E-state index in [0.29, 0.717) is 16.9 Å². The molecule has 0 radical (unpaired) electrons. The third-order valence-electron chi connectivity index (χ3n) is 2.62. The molecule has 2 aromatic rings. The van der Waals surface area contributed by atoms with E-state index in [2.05, 4.69) is 10.3 Å². The van der Waals surface area contributed by atoms with Crippen LogP contribution in [-0.4, -0.2) is 22.0 Å². The van der Waals surface area contributed by atoms with E-state index in [1.54, 1.807) is 31.2 Å². The Morgan fingerprint density at radius 3 is 2.58 bits per heavy atom. The smallest absolute Gasteiger partial charge is 0.335 e. The van der Waals surface area contributed by atoms with Crippen molar-refractivity contribution >= 4 is 17.6 Å². The van der Waals surface area contributed by atoms with Crippen molar-refractivity contribution in [3.63, 3.8) is 0 Å². The number of carboxylic acids is 1. The predicted molar refractivity (Wildman–Crippen MR) is 70.3 cm³/mol. The van der Waals surface area contributed by atoms with Crippen LogP contribution in [0.1, 0.15) is 26.4 Å². The number of carbonyl (C=O) groups excluding carboxylic acids is 1. The van der Waals surface area contributed by atoms with Crippen LogP contribution in [0.15, 0.2) is 42.6 Å². The molecule has 0 aliphatic carbocycles. The van der Waals surface area contributed by atoms with Crippen molar-refractivity contribution in [1.82, 2.24) is 4.98 Å². The number of nitrogens with zero attached hydrogens (tertiary/aromatic N) is 1. The number of anilines is 1. The molecule has 0 saturated carbocycles. The molecular formula is C14H12N2O3. The van der Waals surface area contributed by atoms with Gasteiger partial charge in [0.15, 0.2) is 0 Å². The lowest BCUT2D eigenvalue weighted by molar-refractivity contribution is 0.0696. The first kappa shape index (κ1) is 12.8. The summed E-state index contributed by atoms with van der Waals surface area (Å²) >= 11 is 0. The Morgan fingerprint density at radius 1 is 1.21 bits per heavy atom. The maximum Gasteiger partial charge on any atom is 0.335 e. The lowest BCUT2D eigenvalue weighted by Crippen LogP contribution is -2.14. The van der Waals surface area contributed by atoms with Gasteiger partial charge in [0.25, 0.3) is 5.91 Å². The molecule has 1 aromatic carbocycles. The highest BCUT2D eigenvalue weighted by atomic mass is 16.4. The fourth-order valence-corrected chi connectivity index (χ4v) is 1.62. The molecule has 5 heteroatoms. The van der Waals surface area contributed by atoms with Crippen LogP contribution in [0.2, 0.25) is 0 Å². The first-order valence-electron chi connectivity index (χ1n) is 5.64. The highest BCUT2D eigenvalue weighted by Crippen LogP contribution is 2.17. The van der Waals surface area contributed by atoms with Crippen molar-refractivity contribution in [1.29, 1.82) is 0 Å². The maximum absolute atomic E-state index is 11.9. The molecule has 0 saturated heterocycles. The summed E-state index contributed by atoms with van der Waals surface area (Å²) in [6, 6.07) is 9.58. The van der Waals surface area contributed by atoms with E-state index < -0.39 is 5.97 Å². The van der Waals surface area contributed by atoms with Gasteiger partial charge in [0.05, 0.1) is 5.56 Å². The van der Waals surface area contributed by atoms with Gasteiger partial charge < -0.3 is 10.4 Å². The first-order valence-corrected chi connectivity index (χ1v) is 5.64. The van der Waals surface area contributed by atoms with Gasteiger partial charge in [0.1, 0.15) is 5.69 Å². The normalized spacial score (nSPS) is 9.95. The van der Waals surface area contributed by atoms with Crippen molar-refractivity contribution in [2.45, 2.75) is 6.92 Å². The van der Waals surface area contributed by atoms with E-state index in [4.69, 9.17) is 5.11 Å². The third kappa shape index (κ3) is 2.95. The van der Waals surface area contributed by atoms with Crippen LogP contribution < -0.4 is 5.32 Å². The van der Waals surface area contributed by atoms with Crippen molar-refractivity contribution in [3.05, 3.63) is 59.4 Å². The summed E-state index contributed by atoms with van der Waals surface area (Å²) in [6.07, 6.45) is 1.54. The zero-order valence-corrected chi connectivity index (χ0v) is 10.3.